The zero-order chi connectivity index (χ0) is 18.1. The van der Waals surface area contributed by atoms with E-state index in [1.165, 1.54) is 0 Å². The van der Waals surface area contributed by atoms with Gasteiger partial charge >= 0.3 is 6.18 Å². The smallest absolute Gasteiger partial charge is 0.372 e. The fraction of sp³-hybridized carbons (Fsp3) is 0.316. The minimum absolute atomic E-state index is 0.160. The molecule has 4 nitrogen and oxygen atoms in total. The van der Waals surface area contributed by atoms with Crippen LogP contribution in [0.2, 0.25) is 0 Å². The molecular formula is C19H19F3N4. The third-order valence-corrected chi connectivity index (χ3v) is 4.90. The highest BCUT2D eigenvalue weighted by Gasteiger charge is 2.41. The Morgan fingerprint density at radius 1 is 1.00 bits per heavy atom. The molecular weight excluding hydrogens is 341 g/mol. The summed E-state index contributed by atoms with van der Waals surface area (Å²) in [5.41, 5.74) is 4.70. The maximum atomic E-state index is 12.8. The Kier molecular flexibility index (Phi) is 4.22. The number of halogens is 3. The first-order valence-corrected chi connectivity index (χ1v) is 8.61. The minimum Gasteiger partial charge on any atom is -0.372 e. The van der Waals surface area contributed by atoms with E-state index in [4.69, 9.17) is 0 Å². The molecule has 26 heavy (non-hydrogen) atoms. The molecule has 1 fully saturated rings. The van der Waals surface area contributed by atoms with Crippen LogP contribution in [0.1, 0.15) is 12.8 Å². The summed E-state index contributed by atoms with van der Waals surface area (Å²) in [7, 11) is 0. The fourth-order valence-corrected chi connectivity index (χ4v) is 3.40. The standard InChI is InChI=1S/C19H19F3N4/c20-19(21,22)13-7-9-26(10-8-13)16-4-1-14(2-5-16)25-15-3-6-17-18(11-15)24-12-23-17/h1-6,11-13,25H,7-10H2,(H,23,24). The van der Waals surface area contributed by atoms with Crippen molar-refractivity contribution in [1.29, 1.82) is 0 Å². The van der Waals surface area contributed by atoms with Gasteiger partial charge in [0.2, 0.25) is 0 Å². The van der Waals surface area contributed by atoms with Crippen LogP contribution in [0.4, 0.5) is 30.2 Å². The van der Waals surface area contributed by atoms with Gasteiger partial charge in [-0.2, -0.15) is 13.2 Å². The van der Waals surface area contributed by atoms with E-state index >= 15 is 0 Å². The molecule has 0 radical (unpaired) electrons. The molecule has 136 valence electrons. The maximum absolute atomic E-state index is 12.8. The lowest BCUT2D eigenvalue weighted by atomic mass is 9.96. The van der Waals surface area contributed by atoms with Gasteiger partial charge in [0.25, 0.3) is 0 Å². The van der Waals surface area contributed by atoms with Gasteiger partial charge in [0, 0.05) is 30.2 Å². The summed E-state index contributed by atoms with van der Waals surface area (Å²) in [6.45, 7) is 0.876. The van der Waals surface area contributed by atoms with Crippen LogP contribution >= 0.6 is 0 Å². The first kappa shape index (κ1) is 16.8. The second-order valence-electron chi connectivity index (χ2n) is 6.61. The number of alkyl halides is 3. The van der Waals surface area contributed by atoms with E-state index in [0.29, 0.717) is 13.1 Å². The third-order valence-electron chi connectivity index (χ3n) is 4.90. The van der Waals surface area contributed by atoms with E-state index < -0.39 is 12.1 Å². The van der Waals surface area contributed by atoms with E-state index in [2.05, 4.69) is 15.3 Å². The number of hydrogen-bond donors (Lipinski definition) is 2. The largest absolute Gasteiger partial charge is 0.391 e. The highest BCUT2D eigenvalue weighted by Crippen LogP contribution is 2.35. The number of aromatic amines is 1. The number of benzene rings is 2. The number of H-pyrrole nitrogens is 1. The molecule has 2 aromatic carbocycles. The van der Waals surface area contributed by atoms with Crippen molar-refractivity contribution in [1.82, 2.24) is 9.97 Å². The van der Waals surface area contributed by atoms with Gasteiger partial charge in [-0.3, -0.25) is 0 Å². The van der Waals surface area contributed by atoms with Crippen molar-refractivity contribution in [2.75, 3.05) is 23.3 Å². The van der Waals surface area contributed by atoms with Gasteiger partial charge in [0.15, 0.2) is 0 Å². The van der Waals surface area contributed by atoms with Crippen molar-refractivity contribution in [3.8, 4) is 0 Å². The van der Waals surface area contributed by atoms with E-state index in [9.17, 15) is 13.2 Å². The van der Waals surface area contributed by atoms with E-state index in [-0.39, 0.29) is 12.8 Å². The topological polar surface area (TPSA) is 44.0 Å². The molecule has 1 saturated heterocycles. The molecule has 4 rings (SSSR count). The van der Waals surface area contributed by atoms with E-state index in [1.807, 2.05) is 47.4 Å². The van der Waals surface area contributed by atoms with Crippen LogP contribution < -0.4 is 10.2 Å². The number of fused-ring (bicyclic) bond motifs is 1. The van der Waals surface area contributed by atoms with E-state index in [1.54, 1.807) is 6.33 Å². The molecule has 2 N–H and O–H groups in total. The zero-order valence-corrected chi connectivity index (χ0v) is 14.1. The van der Waals surface area contributed by atoms with Crippen LogP contribution in [0, 0.1) is 5.92 Å². The molecule has 7 heteroatoms. The summed E-state index contributed by atoms with van der Waals surface area (Å²) >= 11 is 0. The SMILES string of the molecule is FC(F)(F)C1CCN(c2ccc(Nc3ccc4nc[nH]c4c3)cc2)CC1. The zero-order valence-electron chi connectivity index (χ0n) is 14.1. The second-order valence-corrected chi connectivity index (χ2v) is 6.61. The van der Waals surface area contributed by atoms with Crippen LogP contribution in [0.3, 0.4) is 0 Å². The molecule has 0 bridgehead atoms. The molecule has 1 aliphatic heterocycles. The highest BCUT2D eigenvalue weighted by molar-refractivity contribution is 5.80. The second kappa shape index (κ2) is 6.55. The normalized spacial score (nSPS) is 16.2. The van der Waals surface area contributed by atoms with Gasteiger partial charge in [-0.25, -0.2) is 4.98 Å². The number of aromatic nitrogens is 2. The maximum Gasteiger partial charge on any atom is 0.391 e. The van der Waals surface area contributed by atoms with Crippen molar-refractivity contribution in [2.45, 2.75) is 19.0 Å². The predicted octanol–water partition coefficient (Wildman–Crippen LogP) is 5.09. The van der Waals surface area contributed by atoms with Crippen molar-refractivity contribution in [3.05, 3.63) is 48.8 Å². The third kappa shape index (κ3) is 3.47. The van der Waals surface area contributed by atoms with Crippen LogP contribution in [-0.2, 0) is 0 Å². The van der Waals surface area contributed by atoms with Crippen molar-refractivity contribution in [2.24, 2.45) is 5.92 Å². The number of imidazole rings is 1. The average molecular weight is 360 g/mol. The molecule has 0 amide bonds. The number of hydrogen-bond acceptors (Lipinski definition) is 3. The average Bonchev–Trinajstić information content (AvgIpc) is 3.10. The van der Waals surface area contributed by atoms with Crippen molar-refractivity contribution in [3.63, 3.8) is 0 Å². The molecule has 0 atom stereocenters. The Morgan fingerprint density at radius 2 is 1.69 bits per heavy atom. The quantitative estimate of drug-likeness (QED) is 0.684. The lowest BCUT2D eigenvalue weighted by molar-refractivity contribution is -0.179. The van der Waals surface area contributed by atoms with Crippen LogP contribution in [0.15, 0.2) is 48.8 Å². The molecule has 0 spiro atoms. The summed E-state index contributed by atoms with van der Waals surface area (Å²) in [5, 5.41) is 3.33. The number of anilines is 3. The van der Waals surface area contributed by atoms with Crippen LogP contribution in [0.25, 0.3) is 11.0 Å². The van der Waals surface area contributed by atoms with Crippen LogP contribution in [0.5, 0.6) is 0 Å². The Hall–Kier alpha value is -2.70. The van der Waals surface area contributed by atoms with Gasteiger partial charge in [0.1, 0.15) is 0 Å². The molecule has 0 aliphatic carbocycles. The molecule has 1 aromatic heterocycles. The summed E-state index contributed by atoms with van der Waals surface area (Å²) in [4.78, 5) is 9.28. The van der Waals surface area contributed by atoms with Crippen molar-refractivity contribution >= 4 is 28.1 Å². The fourth-order valence-electron chi connectivity index (χ4n) is 3.40. The first-order valence-electron chi connectivity index (χ1n) is 8.61. The Balaban J connectivity index is 1.40. The van der Waals surface area contributed by atoms with Gasteiger partial charge in [0.05, 0.1) is 23.3 Å². The Morgan fingerprint density at radius 3 is 2.38 bits per heavy atom. The predicted molar refractivity (Wildman–Crippen MR) is 96.8 cm³/mol. The Labute approximate surface area is 149 Å². The minimum atomic E-state index is -4.07. The van der Waals surface area contributed by atoms with Gasteiger partial charge in [-0.15, -0.1) is 0 Å². The summed E-state index contributed by atoms with van der Waals surface area (Å²) < 4.78 is 38.3. The summed E-state index contributed by atoms with van der Waals surface area (Å²) in [6.07, 6.45) is -2.10. The molecule has 1 aliphatic rings. The lowest BCUT2D eigenvalue weighted by Gasteiger charge is -2.34. The van der Waals surface area contributed by atoms with Gasteiger partial charge < -0.3 is 15.2 Å². The highest BCUT2D eigenvalue weighted by atomic mass is 19.4. The molecule has 2 heterocycles. The monoisotopic (exact) mass is 360 g/mol. The number of rotatable bonds is 3. The lowest BCUT2D eigenvalue weighted by Crippen LogP contribution is -2.38. The number of nitrogens with one attached hydrogen (secondary N) is 2. The summed E-state index contributed by atoms with van der Waals surface area (Å²) in [6, 6.07) is 13.7. The van der Waals surface area contributed by atoms with E-state index in [0.717, 1.165) is 28.1 Å². The van der Waals surface area contributed by atoms with Gasteiger partial charge in [-0.05, 0) is 55.3 Å². The summed E-state index contributed by atoms with van der Waals surface area (Å²) in [5.74, 6) is -1.17. The van der Waals surface area contributed by atoms with Crippen LogP contribution in [-0.4, -0.2) is 29.2 Å². The van der Waals surface area contributed by atoms with Gasteiger partial charge in [-0.1, -0.05) is 0 Å². The molecule has 0 unspecified atom stereocenters. The van der Waals surface area contributed by atoms with Crippen molar-refractivity contribution < 1.29 is 13.2 Å². The Bertz CT molecular complexity index is 878. The molecule has 3 aromatic rings. The molecule has 0 saturated carbocycles. The number of piperidine rings is 1. The first-order chi connectivity index (χ1) is 12.5. The number of nitrogens with zero attached hydrogens (tertiary/aromatic N) is 2.